The fourth-order valence-electron chi connectivity index (χ4n) is 2.31. The molecule has 6 nitrogen and oxygen atoms in total. The summed E-state index contributed by atoms with van der Waals surface area (Å²) in [6.45, 7) is 6.49. The van der Waals surface area contributed by atoms with Gasteiger partial charge in [0.15, 0.2) is 0 Å². The summed E-state index contributed by atoms with van der Waals surface area (Å²) in [5.74, 6) is 0.360. The highest BCUT2D eigenvalue weighted by atomic mass is 16.5. The average Bonchev–Trinajstić information content (AvgIpc) is 3.21. The molecule has 2 fully saturated rings. The van der Waals surface area contributed by atoms with Crippen molar-refractivity contribution in [2.75, 3.05) is 26.3 Å². The summed E-state index contributed by atoms with van der Waals surface area (Å²) >= 11 is 0. The van der Waals surface area contributed by atoms with Crippen LogP contribution in [0.3, 0.4) is 0 Å². The second-order valence-corrected chi connectivity index (χ2v) is 6.01. The minimum absolute atomic E-state index is 0.00736. The number of amides is 3. The first-order valence-corrected chi connectivity index (χ1v) is 7.50. The molecular weight excluding hydrogens is 258 g/mol. The van der Waals surface area contributed by atoms with E-state index in [0.717, 1.165) is 12.8 Å². The maximum atomic E-state index is 12.5. The van der Waals surface area contributed by atoms with Crippen LogP contribution in [0.15, 0.2) is 0 Å². The lowest BCUT2D eigenvalue weighted by molar-refractivity contribution is -0.137. The van der Waals surface area contributed by atoms with Crippen LogP contribution in [0.25, 0.3) is 0 Å². The largest absolute Gasteiger partial charge is 0.378 e. The Morgan fingerprint density at radius 1 is 1.25 bits per heavy atom. The third-order valence-corrected chi connectivity index (χ3v) is 3.55. The first-order valence-electron chi connectivity index (χ1n) is 7.50. The van der Waals surface area contributed by atoms with Crippen molar-refractivity contribution in [2.45, 2.75) is 45.2 Å². The molecule has 0 aromatic heterocycles. The van der Waals surface area contributed by atoms with Gasteiger partial charge in [-0.3, -0.25) is 4.79 Å². The van der Waals surface area contributed by atoms with E-state index < -0.39 is 6.04 Å². The van der Waals surface area contributed by atoms with E-state index in [-0.39, 0.29) is 11.9 Å². The van der Waals surface area contributed by atoms with Crippen molar-refractivity contribution in [1.82, 2.24) is 15.5 Å². The predicted octanol–water partition coefficient (Wildman–Crippen LogP) is 0.722. The average molecular weight is 283 g/mol. The van der Waals surface area contributed by atoms with E-state index >= 15 is 0 Å². The van der Waals surface area contributed by atoms with E-state index in [1.54, 1.807) is 4.90 Å². The summed E-state index contributed by atoms with van der Waals surface area (Å²) in [6, 6.07) is -0.361. The molecule has 2 rings (SSSR count). The van der Waals surface area contributed by atoms with Crippen molar-refractivity contribution in [1.29, 1.82) is 0 Å². The highest BCUT2D eigenvalue weighted by Crippen LogP contribution is 2.18. The number of urea groups is 1. The summed E-state index contributed by atoms with van der Waals surface area (Å²) in [4.78, 5) is 26.1. The molecule has 0 unspecified atom stereocenters. The molecular formula is C14H25N3O3. The predicted molar refractivity (Wildman–Crippen MR) is 75.3 cm³/mol. The van der Waals surface area contributed by atoms with Gasteiger partial charge >= 0.3 is 6.03 Å². The molecule has 3 amide bonds. The van der Waals surface area contributed by atoms with Gasteiger partial charge in [0.2, 0.25) is 5.91 Å². The molecule has 20 heavy (non-hydrogen) atoms. The minimum atomic E-state index is -0.438. The van der Waals surface area contributed by atoms with Gasteiger partial charge in [-0.2, -0.15) is 0 Å². The zero-order valence-electron chi connectivity index (χ0n) is 12.4. The van der Waals surface area contributed by atoms with Gasteiger partial charge in [-0.15, -0.1) is 0 Å². The zero-order valence-corrected chi connectivity index (χ0v) is 12.4. The number of carbonyl (C=O) groups is 2. The van der Waals surface area contributed by atoms with Crippen molar-refractivity contribution >= 4 is 11.9 Å². The molecule has 1 atom stereocenters. The van der Waals surface area contributed by atoms with E-state index in [9.17, 15) is 9.59 Å². The molecule has 6 heteroatoms. The lowest BCUT2D eigenvalue weighted by Crippen LogP contribution is -2.54. The van der Waals surface area contributed by atoms with Crippen LogP contribution in [0.5, 0.6) is 0 Å². The second kappa shape index (κ2) is 6.92. The summed E-state index contributed by atoms with van der Waals surface area (Å²) < 4.78 is 5.26. The number of hydrogen-bond acceptors (Lipinski definition) is 3. The Balaban J connectivity index is 1.89. The molecule has 0 bridgehead atoms. The molecule has 114 valence electrons. The van der Waals surface area contributed by atoms with Crippen LogP contribution < -0.4 is 10.6 Å². The van der Waals surface area contributed by atoms with Crippen LogP contribution in [0.2, 0.25) is 0 Å². The standard InChI is InChI=1S/C14H25N3O3/c1-10(2)9-12(16-14(19)15-11-3-4-11)13(18)17-5-7-20-8-6-17/h10-12H,3-9H2,1-2H3,(H2,15,16,19)/t12-/m1/s1. The fraction of sp³-hybridized carbons (Fsp3) is 0.857. The van der Waals surface area contributed by atoms with Gasteiger partial charge in [-0.1, -0.05) is 13.8 Å². The van der Waals surface area contributed by atoms with Gasteiger partial charge in [0.1, 0.15) is 6.04 Å². The minimum Gasteiger partial charge on any atom is -0.378 e. The number of hydrogen-bond donors (Lipinski definition) is 2. The summed E-state index contributed by atoms with van der Waals surface area (Å²) in [5, 5.41) is 5.70. The fourth-order valence-corrected chi connectivity index (χ4v) is 2.31. The number of morpholine rings is 1. The Morgan fingerprint density at radius 3 is 2.45 bits per heavy atom. The maximum Gasteiger partial charge on any atom is 0.315 e. The van der Waals surface area contributed by atoms with Crippen molar-refractivity contribution in [3.63, 3.8) is 0 Å². The number of ether oxygens (including phenoxy) is 1. The van der Waals surface area contributed by atoms with Gasteiger partial charge < -0.3 is 20.3 Å². The zero-order chi connectivity index (χ0) is 14.5. The molecule has 0 radical (unpaired) electrons. The molecule has 2 aliphatic rings. The van der Waals surface area contributed by atoms with Gasteiger partial charge in [-0.25, -0.2) is 4.79 Å². The van der Waals surface area contributed by atoms with Crippen LogP contribution in [-0.2, 0) is 9.53 Å². The molecule has 2 N–H and O–H groups in total. The highest BCUT2D eigenvalue weighted by molar-refractivity contribution is 5.87. The van der Waals surface area contributed by atoms with E-state index in [1.807, 2.05) is 0 Å². The molecule has 0 aromatic rings. The third-order valence-electron chi connectivity index (χ3n) is 3.55. The van der Waals surface area contributed by atoms with Gasteiger partial charge in [0.25, 0.3) is 0 Å². The molecule has 0 aromatic carbocycles. The molecule has 1 aliphatic heterocycles. The smallest absolute Gasteiger partial charge is 0.315 e. The van der Waals surface area contributed by atoms with Gasteiger partial charge in [0, 0.05) is 19.1 Å². The van der Waals surface area contributed by atoms with Gasteiger partial charge in [0.05, 0.1) is 13.2 Å². The van der Waals surface area contributed by atoms with Crippen LogP contribution in [0, 0.1) is 5.92 Å². The quantitative estimate of drug-likeness (QED) is 0.781. The van der Waals surface area contributed by atoms with E-state index in [0.29, 0.717) is 44.7 Å². The van der Waals surface area contributed by atoms with E-state index in [4.69, 9.17) is 4.74 Å². The number of nitrogens with one attached hydrogen (secondary N) is 2. The lowest BCUT2D eigenvalue weighted by Gasteiger charge is -2.31. The Bertz CT molecular complexity index is 350. The first kappa shape index (κ1) is 15.1. The highest BCUT2D eigenvalue weighted by Gasteiger charge is 2.29. The Kier molecular flexibility index (Phi) is 5.23. The van der Waals surface area contributed by atoms with Gasteiger partial charge in [-0.05, 0) is 25.2 Å². The second-order valence-electron chi connectivity index (χ2n) is 6.01. The van der Waals surface area contributed by atoms with Crippen LogP contribution in [-0.4, -0.2) is 55.2 Å². The first-order chi connectivity index (χ1) is 9.56. The maximum absolute atomic E-state index is 12.5. The number of nitrogens with zero attached hydrogens (tertiary/aromatic N) is 1. The summed E-state index contributed by atoms with van der Waals surface area (Å²) in [7, 11) is 0. The third kappa shape index (κ3) is 4.67. The number of carbonyl (C=O) groups excluding carboxylic acids is 2. The Hall–Kier alpha value is -1.30. The van der Waals surface area contributed by atoms with E-state index in [2.05, 4.69) is 24.5 Å². The number of rotatable bonds is 5. The molecule has 1 aliphatic carbocycles. The molecule has 0 spiro atoms. The van der Waals surface area contributed by atoms with Crippen molar-refractivity contribution in [2.24, 2.45) is 5.92 Å². The Labute approximate surface area is 120 Å². The monoisotopic (exact) mass is 283 g/mol. The van der Waals surface area contributed by atoms with Crippen molar-refractivity contribution < 1.29 is 14.3 Å². The molecule has 1 heterocycles. The van der Waals surface area contributed by atoms with E-state index in [1.165, 1.54) is 0 Å². The SMILES string of the molecule is CC(C)C[C@@H](NC(=O)NC1CC1)C(=O)N1CCOCC1. The molecule has 1 saturated heterocycles. The topological polar surface area (TPSA) is 70.7 Å². The summed E-state index contributed by atoms with van der Waals surface area (Å²) in [6.07, 6.45) is 2.74. The molecule has 1 saturated carbocycles. The van der Waals surface area contributed by atoms with Crippen LogP contribution in [0.4, 0.5) is 4.79 Å². The normalized spacial score (nSPS) is 20.6. The van der Waals surface area contributed by atoms with Crippen molar-refractivity contribution in [3.05, 3.63) is 0 Å². The lowest BCUT2D eigenvalue weighted by atomic mass is 10.0. The van der Waals surface area contributed by atoms with Crippen LogP contribution in [0.1, 0.15) is 33.1 Å². The van der Waals surface area contributed by atoms with Crippen molar-refractivity contribution in [3.8, 4) is 0 Å². The Morgan fingerprint density at radius 2 is 1.90 bits per heavy atom. The van der Waals surface area contributed by atoms with Crippen LogP contribution >= 0.6 is 0 Å². The summed E-state index contributed by atoms with van der Waals surface area (Å²) in [5.41, 5.74) is 0.